The zero-order chi connectivity index (χ0) is 13.7. The number of fused-ring (bicyclic) bond motifs is 1. The molecular weight excluding hydrogens is 240 g/mol. The quantitative estimate of drug-likeness (QED) is 0.776. The molecule has 19 heavy (non-hydrogen) atoms. The van der Waals surface area contributed by atoms with Crippen LogP contribution >= 0.6 is 0 Å². The van der Waals surface area contributed by atoms with Gasteiger partial charge >= 0.3 is 0 Å². The number of aromatic nitrogens is 1. The van der Waals surface area contributed by atoms with Crippen molar-refractivity contribution in [2.75, 3.05) is 26.8 Å². The topological polar surface area (TPSA) is 54.4 Å². The Morgan fingerprint density at radius 1 is 1.37 bits per heavy atom. The zero-order valence-electron chi connectivity index (χ0n) is 11.4. The number of nitrogens with zero attached hydrogens (tertiary/aromatic N) is 1. The van der Waals surface area contributed by atoms with Crippen LogP contribution in [0.4, 0.5) is 0 Å². The first-order valence-corrected chi connectivity index (χ1v) is 6.41. The van der Waals surface area contributed by atoms with Gasteiger partial charge in [-0.25, -0.2) is 0 Å². The zero-order valence-corrected chi connectivity index (χ0v) is 11.4. The van der Waals surface area contributed by atoms with Crippen molar-refractivity contribution in [1.82, 2.24) is 10.3 Å². The van der Waals surface area contributed by atoms with E-state index < -0.39 is 5.60 Å². The summed E-state index contributed by atoms with van der Waals surface area (Å²) in [4.78, 5) is 4.38. The Balaban J connectivity index is 2.12. The summed E-state index contributed by atoms with van der Waals surface area (Å²) in [6.07, 6.45) is 1.74. The van der Waals surface area contributed by atoms with Crippen LogP contribution in [0.15, 0.2) is 36.5 Å². The van der Waals surface area contributed by atoms with Gasteiger partial charge in [-0.2, -0.15) is 0 Å². The molecule has 0 spiro atoms. The van der Waals surface area contributed by atoms with Crippen molar-refractivity contribution < 1.29 is 9.84 Å². The summed E-state index contributed by atoms with van der Waals surface area (Å²) in [5.74, 6) is 0. The van der Waals surface area contributed by atoms with Gasteiger partial charge in [0.2, 0.25) is 0 Å². The molecule has 2 aromatic rings. The van der Waals surface area contributed by atoms with E-state index in [4.69, 9.17) is 4.74 Å². The smallest absolute Gasteiger partial charge is 0.101 e. The number of rotatable bonds is 6. The summed E-state index contributed by atoms with van der Waals surface area (Å²) in [7, 11) is 1.66. The van der Waals surface area contributed by atoms with Crippen LogP contribution in [0.3, 0.4) is 0 Å². The van der Waals surface area contributed by atoms with Crippen molar-refractivity contribution in [1.29, 1.82) is 0 Å². The molecule has 102 valence electrons. The second kappa shape index (κ2) is 6.10. The molecule has 0 saturated carbocycles. The van der Waals surface area contributed by atoms with Gasteiger partial charge in [-0.1, -0.05) is 18.2 Å². The molecule has 2 rings (SSSR count). The van der Waals surface area contributed by atoms with Crippen molar-refractivity contribution >= 4 is 10.9 Å². The lowest BCUT2D eigenvalue weighted by Gasteiger charge is -2.24. The molecule has 4 nitrogen and oxygen atoms in total. The average molecular weight is 260 g/mol. The van der Waals surface area contributed by atoms with Crippen LogP contribution in [0, 0.1) is 0 Å². The number of para-hydroxylation sites is 1. The van der Waals surface area contributed by atoms with Crippen LogP contribution in [0.1, 0.15) is 12.5 Å². The molecule has 1 heterocycles. The third-order valence-corrected chi connectivity index (χ3v) is 3.16. The molecule has 1 unspecified atom stereocenters. The van der Waals surface area contributed by atoms with Gasteiger partial charge in [-0.3, -0.25) is 4.98 Å². The van der Waals surface area contributed by atoms with E-state index in [1.165, 1.54) is 0 Å². The predicted octanol–water partition coefficient (Wildman–Crippen LogP) is 1.68. The van der Waals surface area contributed by atoms with Gasteiger partial charge in [-0.15, -0.1) is 0 Å². The first-order valence-electron chi connectivity index (χ1n) is 6.41. The molecule has 0 aliphatic rings. The van der Waals surface area contributed by atoms with Gasteiger partial charge in [0.15, 0.2) is 0 Å². The maximum absolute atomic E-state index is 10.5. The SMILES string of the molecule is COCCNCC(C)(O)c1cnc2ccccc2c1. The van der Waals surface area contributed by atoms with E-state index in [1.54, 1.807) is 20.2 Å². The minimum absolute atomic E-state index is 0.469. The average Bonchev–Trinajstić information content (AvgIpc) is 2.43. The lowest BCUT2D eigenvalue weighted by atomic mass is 9.96. The van der Waals surface area contributed by atoms with Crippen LogP contribution in [0.5, 0.6) is 0 Å². The van der Waals surface area contributed by atoms with E-state index in [0.29, 0.717) is 19.7 Å². The van der Waals surface area contributed by atoms with Crippen LogP contribution in [0.25, 0.3) is 10.9 Å². The molecule has 1 atom stereocenters. The Bertz CT molecular complexity index is 540. The second-order valence-electron chi connectivity index (χ2n) is 4.86. The van der Waals surface area contributed by atoms with E-state index in [-0.39, 0.29) is 0 Å². The first-order chi connectivity index (χ1) is 9.13. The highest BCUT2D eigenvalue weighted by Crippen LogP contribution is 2.22. The van der Waals surface area contributed by atoms with Crippen LogP contribution < -0.4 is 5.32 Å². The summed E-state index contributed by atoms with van der Waals surface area (Å²) in [6.45, 7) is 3.61. The molecule has 4 heteroatoms. The van der Waals surface area contributed by atoms with Gasteiger partial charge in [0.05, 0.1) is 12.1 Å². The van der Waals surface area contributed by atoms with Crippen molar-refractivity contribution in [2.24, 2.45) is 0 Å². The standard InChI is InChI=1S/C15H20N2O2/c1-15(18,11-16-7-8-19-2)13-9-12-5-3-4-6-14(12)17-10-13/h3-6,9-10,16,18H,7-8,11H2,1-2H3. The van der Waals surface area contributed by atoms with Crippen LogP contribution in [-0.2, 0) is 10.3 Å². The fourth-order valence-electron chi connectivity index (χ4n) is 1.97. The molecule has 2 N–H and O–H groups in total. The summed E-state index contributed by atoms with van der Waals surface area (Å²) in [5, 5.41) is 14.7. The first kappa shape index (κ1) is 13.9. The number of nitrogens with one attached hydrogen (secondary N) is 1. The fraction of sp³-hybridized carbons (Fsp3) is 0.400. The van der Waals surface area contributed by atoms with E-state index in [1.807, 2.05) is 30.3 Å². The Morgan fingerprint density at radius 2 is 2.16 bits per heavy atom. The molecule has 0 aliphatic carbocycles. The predicted molar refractivity (Wildman–Crippen MR) is 76.1 cm³/mol. The third-order valence-electron chi connectivity index (χ3n) is 3.16. The lowest BCUT2D eigenvalue weighted by molar-refractivity contribution is 0.0548. The minimum atomic E-state index is -0.940. The maximum Gasteiger partial charge on any atom is 0.101 e. The summed E-state index contributed by atoms with van der Waals surface area (Å²) < 4.78 is 4.96. The fourth-order valence-corrected chi connectivity index (χ4v) is 1.97. The summed E-state index contributed by atoms with van der Waals surface area (Å²) in [5.41, 5.74) is 0.815. The van der Waals surface area contributed by atoms with Crippen molar-refractivity contribution in [3.8, 4) is 0 Å². The van der Waals surface area contributed by atoms with E-state index in [0.717, 1.165) is 16.5 Å². The number of aliphatic hydroxyl groups is 1. The molecule has 0 saturated heterocycles. The van der Waals surface area contributed by atoms with Gasteiger partial charge < -0.3 is 15.2 Å². The minimum Gasteiger partial charge on any atom is -0.384 e. The summed E-state index contributed by atoms with van der Waals surface area (Å²) >= 11 is 0. The lowest BCUT2D eigenvalue weighted by Crippen LogP contribution is -2.36. The van der Waals surface area contributed by atoms with Gasteiger partial charge in [-0.05, 0) is 19.1 Å². The molecule has 1 aromatic carbocycles. The van der Waals surface area contributed by atoms with Crippen molar-refractivity contribution in [2.45, 2.75) is 12.5 Å². The maximum atomic E-state index is 10.5. The van der Waals surface area contributed by atoms with E-state index in [2.05, 4.69) is 10.3 Å². The highest BCUT2D eigenvalue weighted by Gasteiger charge is 2.23. The molecule has 0 aliphatic heterocycles. The number of methoxy groups -OCH3 is 1. The second-order valence-corrected chi connectivity index (χ2v) is 4.86. The van der Waals surface area contributed by atoms with Crippen LogP contribution in [0.2, 0.25) is 0 Å². The summed E-state index contributed by atoms with van der Waals surface area (Å²) in [6, 6.07) is 9.88. The highest BCUT2D eigenvalue weighted by atomic mass is 16.5. The number of benzene rings is 1. The number of hydrogen-bond donors (Lipinski definition) is 2. The van der Waals surface area contributed by atoms with Gasteiger partial charge in [0.25, 0.3) is 0 Å². The molecule has 1 aromatic heterocycles. The number of ether oxygens (including phenoxy) is 1. The van der Waals surface area contributed by atoms with Crippen molar-refractivity contribution in [3.63, 3.8) is 0 Å². The molecule has 0 amide bonds. The normalized spacial score (nSPS) is 14.5. The van der Waals surface area contributed by atoms with E-state index >= 15 is 0 Å². The Labute approximate surface area is 113 Å². The molecular formula is C15H20N2O2. The van der Waals surface area contributed by atoms with Crippen molar-refractivity contribution in [3.05, 3.63) is 42.1 Å². The number of pyridine rings is 1. The Hall–Kier alpha value is -1.49. The molecule has 0 radical (unpaired) electrons. The third kappa shape index (κ3) is 3.50. The Morgan fingerprint density at radius 3 is 2.95 bits per heavy atom. The monoisotopic (exact) mass is 260 g/mol. The number of hydrogen-bond acceptors (Lipinski definition) is 4. The van der Waals surface area contributed by atoms with E-state index in [9.17, 15) is 5.11 Å². The Kier molecular flexibility index (Phi) is 4.47. The molecule has 0 bridgehead atoms. The van der Waals surface area contributed by atoms with Gasteiger partial charge in [0, 0.05) is 37.3 Å². The van der Waals surface area contributed by atoms with Crippen LogP contribution in [-0.4, -0.2) is 36.9 Å². The molecule has 0 fully saturated rings. The highest BCUT2D eigenvalue weighted by molar-refractivity contribution is 5.78. The van der Waals surface area contributed by atoms with Gasteiger partial charge in [0.1, 0.15) is 5.60 Å². The largest absolute Gasteiger partial charge is 0.384 e.